The highest BCUT2D eigenvalue weighted by Crippen LogP contribution is 2.28. The monoisotopic (exact) mass is 799 g/mol. The summed E-state index contributed by atoms with van der Waals surface area (Å²) in [6.45, 7) is 14.6. The lowest BCUT2D eigenvalue weighted by Gasteiger charge is -2.36. The van der Waals surface area contributed by atoms with Gasteiger partial charge in [-0.2, -0.15) is 4.98 Å². The number of rotatable bonds is 11. The Morgan fingerprint density at radius 3 is 2.54 bits per heavy atom. The Labute approximate surface area is 341 Å². The van der Waals surface area contributed by atoms with Gasteiger partial charge < -0.3 is 29.8 Å². The molecule has 2 fully saturated rings. The van der Waals surface area contributed by atoms with Gasteiger partial charge in [-0.05, 0) is 67.6 Å². The summed E-state index contributed by atoms with van der Waals surface area (Å²) in [5.41, 5.74) is 6.79. The molecule has 1 unspecified atom stereocenters. The molecule has 2 amide bonds. The van der Waals surface area contributed by atoms with Gasteiger partial charge in [-0.3, -0.25) is 19.1 Å². The number of fused-ring (bicyclic) bond motifs is 1. The van der Waals surface area contributed by atoms with E-state index in [1.54, 1.807) is 4.57 Å². The van der Waals surface area contributed by atoms with E-state index in [9.17, 15) is 14.4 Å². The van der Waals surface area contributed by atoms with Crippen LogP contribution in [-0.4, -0.2) is 85.6 Å². The van der Waals surface area contributed by atoms with Gasteiger partial charge in [-0.25, -0.2) is 19.7 Å². The third-order valence-corrected chi connectivity index (χ3v) is 11.1. The van der Waals surface area contributed by atoms with E-state index in [-0.39, 0.29) is 35.1 Å². The first-order valence-corrected chi connectivity index (χ1v) is 20.1. The SMILES string of the molecule is Cc1cc(-c2cc(Nc3ccc(N4CCN(CCc5cccc6c5oc(=O)n6C5CCC(=O)NC5)CC4)cn3)ncn2)ccc1[C@@H](C)NC(=O)c1nc(C(C)(C)C)no1. The number of anilines is 3. The van der Waals surface area contributed by atoms with Crippen LogP contribution in [0.2, 0.25) is 0 Å². The summed E-state index contributed by atoms with van der Waals surface area (Å²) in [6.07, 6.45) is 5.21. The first kappa shape index (κ1) is 39.4. The molecule has 0 radical (unpaired) electrons. The van der Waals surface area contributed by atoms with Gasteiger partial charge in [0.25, 0.3) is 0 Å². The van der Waals surface area contributed by atoms with Crippen molar-refractivity contribution in [3.05, 3.63) is 106 Å². The number of nitrogens with zero attached hydrogens (tertiary/aromatic N) is 8. The van der Waals surface area contributed by atoms with Crippen molar-refractivity contribution >= 4 is 40.2 Å². The minimum Gasteiger partial charge on any atom is -0.407 e. The van der Waals surface area contributed by atoms with Gasteiger partial charge in [0.15, 0.2) is 11.4 Å². The minimum atomic E-state index is -0.420. The predicted molar refractivity (Wildman–Crippen MR) is 223 cm³/mol. The highest BCUT2D eigenvalue weighted by Gasteiger charge is 2.27. The molecule has 8 rings (SSSR count). The molecular formula is C43H49N11O5. The maximum atomic E-state index is 12.9. The molecule has 0 aliphatic carbocycles. The van der Waals surface area contributed by atoms with Crippen molar-refractivity contribution in [1.82, 2.24) is 45.2 Å². The van der Waals surface area contributed by atoms with Crippen LogP contribution in [0.1, 0.15) is 85.8 Å². The van der Waals surface area contributed by atoms with Crippen molar-refractivity contribution < 1.29 is 18.5 Å². The summed E-state index contributed by atoms with van der Waals surface area (Å²) in [6, 6.07) is 17.5. The number of carbonyl (C=O) groups excluding carboxylic acids is 2. The van der Waals surface area contributed by atoms with Crippen LogP contribution < -0.4 is 26.6 Å². The fourth-order valence-electron chi connectivity index (χ4n) is 7.74. The molecule has 306 valence electrons. The number of piperazine rings is 1. The molecule has 2 aromatic carbocycles. The van der Waals surface area contributed by atoms with Crippen LogP contribution in [0.4, 0.5) is 17.3 Å². The molecule has 6 heterocycles. The lowest BCUT2D eigenvalue weighted by Crippen LogP contribution is -2.47. The molecule has 2 atom stereocenters. The maximum absolute atomic E-state index is 12.9. The Bertz CT molecular complexity index is 2520. The molecule has 0 bridgehead atoms. The molecule has 59 heavy (non-hydrogen) atoms. The summed E-state index contributed by atoms with van der Waals surface area (Å²) in [5.74, 6) is 0.945. The summed E-state index contributed by atoms with van der Waals surface area (Å²) >= 11 is 0. The molecule has 2 saturated heterocycles. The number of carbonyl (C=O) groups is 2. The van der Waals surface area contributed by atoms with E-state index in [1.165, 1.54) is 6.33 Å². The number of para-hydroxylation sites is 1. The van der Waals surface area contributed by atoms with Crippen molar-refractivity contribution in [3.63, 3.8) is 0 Å². The Kier molecular flexibility index (Phi) is 11.0. The first-order chi connectivity index (χ1) is 28.4. The number of benzene rings is 2. The van der Waals surface area contributed by atoms with E-state index in [1.807, 2.05) is 89.3 Å². The van der Waals surface area contributed by atoms with Crippen LogP contribution in [0.15, 0.2) is 80.9 Å². The van der Waals surface area contributed by atoms with Gasteiger partial charge >= 0.3 is 17.6 Å². The molecule has 4 aromatic heterocycles. The highest BCUT2D eigenvalue weighted by molar-refractivity contribution is 5.89. The molecule has 2 aliphatic rings. The van der Waals surface area contributed by atoms with Gasteiger partial charge in [-0.15, -0.1) is 0 Å². The zero-order valence-corrected chi connectivity index (χ0v) is 34.0. The van der Waals surface area contributed by atoms with Gasteiger partial charge in [0.2, 0.25) is 5.91 Å². The average molecular weight is 800 g/mol. The number of piperidine rings is 1. The normalized spacial score (nSPS) is 16.9. The van der Waals surface area contributed by atoms with Crippen molar-refractivity contribution in [2.75, 3.05) is 49.5 Å². The van der Waals surface area contributed by atoms with Crippen LogP contribution >= 0.6 is 0 Å². The smallest absolute Gasteiger partial charge is 0.407 e. The third kappa shape index (κ3) is 8.72. The zero-order valence-electron chi connectivity index (χ0n) is 34.0. The molecule has 6 aromatic rings. The number of hydrogen-bond donors (Lipinski definition) is 3. The molecule has 16 heteroatoms. The second kappa shape index (κ2) is 16.4. The van der Waals surface area contributed by atoms with E-state index in [0.717, 1.165) is 78.3 Å². The highest BCUT2D eigenvalue weighted by atomic mass is 16.5. The van der Waals surface area contributed by atoms with E-state index in [4.69, 9.17) is 13.9 Å². The van der Waals surface area contributed by atoms with Gasteiger partial charge in [0.05, 0.1) is 35.2 Å². The number of aromatic nitrogens is 6. The maximum Gasteiger partial charge on any atom is 0.420 e. The molecule has 2 aliphatic heterocycles. The van der Waals surface area contributed by atoms with E-state index >= 15 is 0 Å². The van der Waals surface area contributed by atoms with Crippen LogP contribution in [0.5, 0.6) is 0 Å². The lowest BCUT2D eigenvalue weighted by atomic mass is 9.96. The van der Waals surface area contributed by atoms with Crippen molar-refractivity contribution in [3.8, 4) is 11.3 Å². The number of pyridine rings is 1. The predicted octanol–water partition coefficient (Wildman–Crippen LogP) is 5.49. The van der Waals surface area contributed by atoms with Crippen molar-refractivity contribution in [2.45, 2.75) is 71.4 Å². The minimum absolute atomic E-state index is 0.0205. The number of aryl methyl sites for hydroxylation is 1. The summed E-state index contributed by atoms with van der Waals surface area (Å²) in [5, 5.41) is 13.1. The fraction of sp³-hybridized carbons (Fsp3) is 0.395. The van der Waals surface area contributed by atoms with Crippen LogP contribution in [0, 0.1) is 6.92 Å². The topological polar surface area (TPSA) is 189 Å². The summed E-state index contributed by atoms with van der Waals surface area (Å²) in [4.78, 5) is 60.1. The van der Waals surface area contributed by atoms with Crippen molar-refractivity contribution in [1.29, 1.82) is 0 Å². The molecular weight excluding hydrogens is 751 g/mol. The number of oxazole rings is 1. The fourth-order valence-corrected chi connectivity index (χ4v) is 7.74. The molecule has 0 saturated carbocycles. The number of hydrogen-bond acceptors (Lipinski definition) is 13. The Hall–Kier alpha value is -6.42. The second-order valence-electron chi connectivity index (χ2n) is 16.3. The average Bonchev–Trinajstić information content (AvgIpc) is 3.87. The molecule has 3 N–H and O–H groups in total. The van der Waals surface area contributed by atoms with E-state index < -0.39 is 5.91 Å². The third-order valence-electron chi connectivity index (χ3n) is 11.1. The van der Waals surface area contributed by atoms with E-state index in [0.29, 0.717) is 42.4 Å². The number of nitrogens with one attached hydrogen (secondary N) is 3. The first-order valence-electron chi connectivity index (χ1n) is 20.1. The van der Waals surface area contributed by atoms with Crippen LogP contribution in [-0.2, 0) is 16.6 Å². The largest absolute Gasteiger partial charge is 0.420 e. The summed E-state index contributed by atoms with van der Waals surface area (Å²) in [7, 11) is 0. The zero-order chi connectivity index (χ0) is 41.3. The van der Waals surface area contributed by atoms with Gasteiger partial charge in [-0.1, -0.05) is 50.2 Å². The van der Waals surface area contributed by atoms with Gasteiger partial charge in [0, 0.05) is 62.7 Å². The molecule has 0 spiro atoms. The second-order valence-corrected chi connectivity index (χ2v) is 16.3. The van der Waals surface area contributed by atoms with Gasteiger partial charge in [0.1, 0.15) is 18.0 Å². The lowest BCUT2D eigenvalue weighted by molar-refractivity contribution is -0.122. The standard InChI is InChI=1S/C43H49N11O5/c1-26-21-29(9-12-32(26)27(2)48-39(56)40-50-41(51-59-40)43(3,4)5)33-22-36(47-25-46-33)49-35-13-10-30(23-44-35)53-19-17-52(18-20-53)16-15-28-7-6-8-34-38(28)58-42(57)54(34)31-11-14-37(55)45-24-31/h6-10,12-13,21-23,25,27,31H,11,14-20,24H2,1-5H3,(H,45,55)(H,48,56)(H,44,46,47,49)/t27-,31?/m1/s1. The van der Waals surface area contributed by atoms with Crippen LogP contribution in [0.25, 0.3) is 22.4 Å². The number of amides is 2. The van der Waals surface area contributed by atoms with Crippen molar-refractivity contribution in [2.24, 2.45) is 0 Å². The Morgan fingerprint density at radius 2 is 1.83 bits per heavy atom. The van der Waals surface area contributed by atoms with E-state index in [2.05, 4.69) is 51.9 Å². The Balaban J connectivity index is 0.834. The molecule has 16 nitrogen and oxygen atoms in total. The summed E-state index contributed by atoms with van der Waals surface area (Å²) < 4.78 is 12.7. The Morgan fingerprint density at radius 1 is 1.00 bits per heavy atom. The van der Waals surface area contributed by atoms with Crippen LogP contribution in [0.3, 0.4) is 0 Å². The quantitative estimate of drug-likeness (QED) is 0.149.